The van der Waals surface area contributed by atoms with E-state index in [4.69, 9.17) is 0 Å². The number of hydrogen-bond donors (Lipinski definition) is 0. The fraction of sp³-hybridized carbons (Fsp3) is 0. The molecule has 2 rings (SSSR count). The molecular weight excluding hydrogens is 252 g/mol. The molecule has 0 aliphatic heterocycles. The largest absolute Gasteiger partial charge is 0.345 e. The lowest BCUT2D eigenvalue weighted by Crippen LogP contribution is -2.05. The monoisotopic (exact) mass is 262 g/mol. The van der Waals surface area contributed by atoms with E-state index in [1.807, 2.05) is 0 Å². The maximum atomic E-state index is 11.6. The van der Waals surface area contributed by atoms with E-state index in [2.05, 4.69) is 4.18 Å². The van der Waals surface area contributed by atoms with Crippen LogP contribution in [-0.2, 0) is 19.1 Å². The summed E-state index contributed by atoms with van der Waals surface area (Å²) < 4.78 is 27.3. The van der Waals surface area contributed by atoms with E-state index in [0.29, 0.717) is 5.39 Å². The Kier molecular flexibility index (Phi) is 4.50. The molecule has 0 saturated carbocycles. The summed E-state index contributed by atoms with van der Waals surface area (Å²) in [6.07, 6.45) is 0. The Balaban J connectivity index is 0.00000144. The quantitative estimate of drug-likeness (QED) is 0.466. The van der Waals surface area contributed by atoms with Crippen LogP contribution in [0.2, 0.25) is 0 Å². The van der Waals surface area contributed by atoms with Gasteiger partial charge in [0.2, 0.25) is 0 Å². The van der Waals surface area contributed by atoms with Crippen molar-refractivity contribution >= 4 is 50.4 Å². The van der Waals surface area contributed by atoms with Gasteiger partial charge in [-0.25, -0.2) is 0 Å². The topological polar surface area (TPSA) is 60.4 Å². The minimum absolute atomic E-state index is 0. The normalized spacial score (nSPS) is 10.6. The average Bonchev–Trinajstić information content (AvgIpc) is 2.28. The highest BCUT2D eigenvalue weighted by molar-refractivity contribution is 7.87. The van der Waals surface area contributed by atoms with E-state index in [9.17, 15) is 13.2 Å². The first-order valence-electron chi connectivity index (χ1n) is 4.50. The van der Waals surface area contributed by atoms with Gasteiger partial charge in [-0.15, -0.1) is 0 Å². The van der Waals surface area contributed by atoms with Gasteiger partial charge in [-0.3, -0.25) is 4.79 Å². The maximum absolute atomic E-state index is 11.6. The first-order chi connectivity index (χ1) is 7.65. The van der Waals surface area contributed by atoms with E-state index >= 15 is 0 Å². The van der Waals surface area contributed by atoms with Crippen LogP contribution in [0.1, 0.15) is 0 Å². The lowest BCUT2D eigenvalue weighted by Gasteiger charge is -2.05. The molecule has 0 aliphatic carbocycles. The van der Waals surface area contributed by atoms with Crippen LogP contribution < -0.4 is 0 Å². The van der Waals surface area contributed by atoms with Gasteiger partial charge in [-0.2, -0.15) is 8.42 Å². The van der Waals surface area contributed by atoms with Crippen molar-refractivity contribution in [2.24, 2.45) is 0 Å². The molecule has 0 fully saturated rings. The molecule has 0 aromatic heterocycles. The maximum Gasteiger partial charge on any atom is 0.342 e. The highest BCUT2D eigenvalue weighted by Gasteiger charge is 2.17. The van der Waals surface area contributed by atoms with Crippen molar-refractivity contribution in [3.8, 4) is 0 Å². The highest BCUT2D eigenvalue weighted by atomic mass is 32.2. The molecule has 0 heterocycles. The second-order valence-corrected chi connectivity index (χ2v) is 4.66. The standard InChI is InChI=1S/C11H8O4S.Mg.2H/c12-8-15-16(13,14)11-7-3-5-9-4-1-2-6-10(9)11;;;/h1-8H;;;. The van der Waals surface area contributed by atoms with Crippen molar-refractivity contribution in [2.75, 3.05) is 0 Å². The summed E-state index contributed by atoms with van der Waals surface area (Å²) in [6.45, 7) is -0.0862. The van der Waals surface area contributed by atoms with Gasteiger partial charge in [0, 0.05) is 5.39 Å². The third kappa shape index (κ3) is 2.77. The summed E-state index contributed by atoms with van der Waals surface area (Å²) in [5, 5.41) is 1.31. The molecule has 0 radical (unpaired) electrons. The predicted octanol–water partition coefficient (Wildman–Crippen LogP) is 0.785. The molecule has 86 valence electrons. The van der Waals surface area contributed by atoms with Gasteiger partial charge in [0.15, 0.2) is 0 Å². The van der Waals surface area contributed by atoms with Crippen molar-refractivity contribution < 1.29 is 17.4 Å². The Morgan fingerprint density at radius 2 is 1.65 bits per heavy atom. The predicted molar refractivity (Wildman–Crippen MR) is 66.8 cm³/mol. The molecule has 4 nitrogen and oxygen atoms in total. The molecule has 0 unspecified atom stereocenters. The zero-order valence-electron chi connectivity index (χ0n) is 8.16. The average molecular weight is 263 g/mol. The van der Waals surface area contributed by atoms with Crippen molar-refractivity contribution in [1.82, 2.24) is 0 Å². The van der Waals surface area contributed by atoms with E-state index < -0.39 is 10.1 Å². The molecule has 17 heavy (non-hydrogen) atoms. The second-order valence-electron chi connectivity index (χ2n) is 3.12. The summed E-state index contributed by atoms with van der Waals surface area (Å²) in [7, 11) is -4.00. The molecule has 0 amide bonds. The molecule has 0 spiro atoms. The van der Waals surface area contributed by atoms with Crippen LogP contribution in [0.4, 0.5) is 0 Å². The van der Waals surface area contributed by atoms with Gasteiger partial charge in [0.25, 0.3) is 0 Å². The van der Waals surface area contributed by atoms with Gasteiger partial charge in [0.05, 0.1) is 0 Å². The molecular formula is C11H10MgO4S. The Hall–Kier alpha value is -1.11. The summed E-state index contributed by atoms with van der Waals surface area (Å²) in [6, 6.07) is 11.8. The Bertz CT molecular complexity index is 631. The highest BCUT2D eigenvalue weighted by Crippen LogP contribution is 2.23. The lowest BCUT2D eigenvalue weighted by atomic mass is 10.1. The minimum atomic E-state index is -4.00. The van der Waals surface area contributed by atoms with Crippen LogP contribution in [0.15, 0.2) is 47.4 Å². The number of carbonyl (C=O) groups excluding carboxylic acids is 1. The van der Waals surface area contributed by atoms with Crippen LogP contribution in [-0.4, -0.2) is 37.9 Å². The Labute approximate surface area is 115 Å². The van der Waals surface area contributed by atoms with Gasteiger partial charge in [0.1, 0.15) is 4.90 Å². The lowest BCUT2D eigenvalue weighted by molar-refractivity contribution is -0.120. The fourth-order valence-electron chi connectivity index (χ4n) is 1.52. The molecule has 2 aromatic carbocycles. The summed E-state index contributed by atoms with van der Waals surface area (Å²) in [4.78, 5) is 10.1. The smallest absolute Gasteiger partial charge is 0.342 e. The van der Waals surface area contributed by atoms with Gasteiger partial charge >= 0.3 is 39.6 Å². The third-order valence-electron chi connectivity index (χ3n) is 2.18. The van der Waals surface area contributed by atoms with E-state index in [1.54, 1.807) is 36.4 Å². The molecule has 6 heteroatoms. The number of carbonyl (C=O) groups is 1. The number of rotatable bonds is 3. The third-order valence-corrected chi connectivity index (χ3v) is 3.41. The van der Waals surface area contributed by atoms with Gasteiger partial charge in [-0.05, 0) is 11.5 Å². The van der Waals surface area contributed by atoms with Crippen molar-refractivity contribution in [2.45, 2.75) is 4.90 Å². The summed E-state index contributed by atoms with van der Waals surface area (Å²) >= 11 is 0. The number of benzene rings is 2. The van der Waals surface area contributed by atoms with Crippen molar-refractivity contribution in [3.63, 3.8) is 0 Å². The number of fused-ring (bicyclic) bond motifs is 1. The van der Waals surface area contributed by atoms with Crippen LogP contribution in [0, 0.1) is 0 Å². The Morgan fingerprint density at radius 3 is 2.35 bits per heavy atom. The molecule has 0 atom stereocenters. The van der Waals surface area contributed by atoms with Gasteiger partial charge in [-0.1, -0.05) is 36.4 Å². The number of hydrogen-bond acceptors (Lipinski definition) is 4. The van der Waals surface area contributed by atoms with E-state index in [0.717, 1.165) is 5.39 Å². The fourth-order valence-corrected chi connectivity index (χ4v) is 2.42. The second kappa shape index (κ2) is 5.48. The molecule has 0 aliphatic rings. The zero-order valence-corrected chi connectivity index (χ0v) is 8.98. The summed E-state index contributed by atoms with van der Waals surface area (Å²) in [5.41, 5.74) is 0. The van der Waals surface area contributed by atoms with Crippen molar-refractivity contribution in [3.05, 3.63) is 42.5 Å². The zero-order chi connectivity index (χ0) is 11.6. The minimum Gasteiger partial charge on any atom is -0.345 e. The van der Waals surface area contributed by atoms with Crippen LogP contribution in [0.3, 0.4) is 0 Å². The van der Waals surface area contributed by atoms with Crippen LogP contribution in [0.5, 0.6) is 0 Å². The summed E-state index contributed by atoms with van der Waals surface area (Å²) in [5.74, 6) is 0. The first-order valence-corrected chi connectivity index (χ1v) is 5.91. The van der Waals surface area contributed by atoms with Crippen molar-refractivity contribution in [1.29, 1.82) is 0 Å². The SMILES string of the molecule is O=COS(=O)(=O)c1cccc2ccccc12.[MgH2]. The first kappa shape index (κ1) is 13.9. The molecule has 2 aromatic rings. The van der Waals surface area contributed by atoms with Crippen LogP contribution >= 0.6 is 0 Å². The molecule has 0 bridgehead atoms. The molecule has 0 saturated heterocycles. The molecule has 0 N–H and O–H groups in total. The van der Waals surface area contributed by atoms with Gasteiger partial charge < -0.3 is 4.18 Å². The van der Waals surface area contributed by atoms with E-state index in [1.165, 1.54) is 6.07 Å². The van der Waals surface area contributed by atoms with E-state index in [-0.39, 0.29) is 34.4 Å². The van der Waals surface area contributed by atoms with Crippen LogP contribution in [0.25, 0.3) is 10.8 Å². The Morgan fingerprint density at radius 1 is 1.00 bits per heavy atom.